The van der Waals surface area contributed by atoms with Gasteiger partial charge in [-0.25, -0.2) is 4.99 Å². The van der Waals surface area contributed by atoms with Gasteiger partial charge in [-0.05, 0) is 36.1 Å². The molecule has 3 N–H and O–H groups in total. The Balaban J connectivity index is 1.84. The largest absolute Gasteiger partial charge is 0.497 e. The maximum atomic E-state index is 12.1. The number of carbonyl (C=O) groups is 1. The van der Waals surface area contributed by atoms with Crippen LogP contribution in [0.5, 0.6) is 5.75 Å². The quantitative estimate of drug-likeness (QED) is 0.445. The highest BCUT2D eigenvalue weighted by Crippen LogP contribution is 2.26. The number of hydrogen-bond donors (Lipinski definition) is 3. The van der Waals surface area contributed by atoms with E-state index in [0.29, 0.717) is 12.5 Å². The summed E-state index contributed by atoms with van der Waals surface area (Å²) < 4.78 is 5.13. The van der Waals surface area contributed by atoms with Gasteiger partial charge in [-0.15, -0.1) is 11.3 Å². The molecule has 7 heteroatoms. The maximum Gasteiger partial charge on any atom is 0.242 e. The van der Waals surface area contributed by atoms with E-state index in [1.165, 1.54) is 4.88 Å². The number of nitrogens with one attached hydrogen (secondary N) is 3. The Labute approximate surface area is 171 Å². The van der Waals surface area contributed by atoms with Crippen molar-refractivity contribution in [2.45, 2.75) is 32.7 Å². The number of methoxy groups -OCH3 is 1. The smallest absolute Gasteiger partial charge is 0.242 e. The van der Waals surface area contributed by atoms with Crippen LogP contribution < -0.4 is 20.7 Å². The molecule has 1 aromatic carbocycles. The molecule has 0 aliphatic carbocycles. The van der Waals surface area contributed by atoms with E-state index in [1.54, 1.807) is 18.4 Å². The molecule has 0 bridgehead atoms. The van der Waals surface area contributed by atoms with Gasteiger partial charge in [0.25, 0.3) is 0 Å². The van der Waals surface area contributed by atoms with Crippen molar-refractivity contribution in [3.8, 4) is 5.75 Å². The maximum absolute atomic E-state index is 12.1. The van der Waals surface area contributed by atoms with Crippen LogP contribution in [0.4, 0.5) is 0 Å². The van der Waals surface area contributed by atoms with Crippen molar-refractivity contribution in [3.63, 3.8) is 0 Å². The molecule has 2 rings (SSSR count). The molecule has 0 saturated heterocycles. The third kappa shape index (κ3) is 6.88. The highest BCUT2D eigenvalue weighted by Gasteiger charge is 2.21. The first kappa shape index (κ1) is 21.8. The normalized spacial score (nSPS) is 11.8. The van der Waals surface area contributed by atoms with Crippen molar-refractivity contribution < 1.29 is 9.53 Å². The summed E-state index contributed by atoms with van der Waals surface area (Å²) in [5, 5.41) is 11.5. The molecule has 0 unspecified atom stereocenters. The lowest BCUT2D eigenvalue weighted by atomic mass is 9.91. The molecule has 0 fully saturated rings. The molecule has 152 valence electrons. The van der Waals surface area contributed by atoms with E-state index < -0.39 is 0 Å². The van der Waals surface area contributed by atoms with Gasteiger partial charge in [0, 0.05) is 29.9 Å². The topological polar surface area (TPSA) is 74.8 Å². The number of aliphatic imine (C=N–C) groups is 1. The predicted octanol–water partition coefficient (Wildman–Crippen LogP) is 2.91. The van der Waals surface area contributed by atoms with Crippen LogP contribution in [0.2, 0.25) is 0 Å². The summed E-state index contributed by atoms with van der Waals surface area (Å²) in [6.07, 6.45) is 0. The van der Waals surface area contributed by atoms with Gasteiger partial charge < -0.3 is 20.7 Å². The number of rotatable bonds is 9. The predicted molar refractivity (Wildman–Crippen MR) is 116 cm³/mol. The van der Waals surface area contributed by atoms with Gasteiger partial charge >= 0.3 is 0 Å². The molecule has 1 heterocycles. The van der Waals surface area contributed by atoms with Crippen LogP contribution in [0.1, 0.15) is 31.2 Å². The molecule has 28 heavy (non-hydrogen) atoms. The third-order valence-corrected chi connectivity index (χ3v) is 5.50. The van der Waals surface area contributed by atoms with Crippen molar-refractivity contribution in [3.05, 3.63) is 52.2 Å². The summed E-state index contributed by atoms with van der Waals surface area (Å²) in [5.74, 6) is 1.32. The van der Waals surface area contributed by atoms with Gasteiger partial charge in [-0.1, -0.05) is 32.0 Å². The van der Waals surface area contributed by atoms with E-state index in [2.05, 4.69) is 52.3 Å². The van der Waals surface area contributed by atoms with E-state index in [9.17, 15) is 4.79 Å². The van der Waals surface area contributed by atoms with E-state index >= 15 is 0 Å². The zero-order chi connectivity index (χ0) is 20.4. The van der Waals surface area contributed by atoms with Crippen molar-refractivity contribution in [1.82, 2.24) is 16.0 Å². The average Bonchev–Trinajstić information content (AvgIpc) is 3.25. The first-order valence-electron chi connectivity index (χ1n) is 9.40. The van der Waals surface area contributed by atoms with Crippen LogP contribution >= 0.6 is 11.3 Å². The minimum Gasteiger partial charge on any atom is -0.497 e. The lowest BCUT2D eigenvalue weighted by Crippen LogP contribution is -2.43. The van der Waals surface area contributed by atoms with Gasteiger partial charge in [-0.3, -0.25) is 4.79 Å². The van der Waals surface area contributed by atoms with Crippen LogP contribution in [-0.2, 0) is 16.8 Å². The highest BCUT2D eigenvalue weighted by molar-refractivity contribution is 7.10. The van der Waals surface area contributed by atoms with Gasteiger partial charge in [0.2, 0.25) is 5.91 Å². The number of carbonyl (C=O) groups excluding carboxylic acids is 1. The van der Waals surface area contributed by atoms with Crippen molar-refractivity contribution in [2.75, 3.05) is 26.7 Å². The second kappa shape index (κ2) is 10.7. The molecule has 0 aliphatic rings. The Morgan fingerprint density at radius 3 is 2.50 bits per heavy atom. The second-order valence-electron chi connectivity index (χ2n) is 7.03. The molecule has 0 aliphatic heterocycles. The summed E-state index contributed by atoms with van der Waals surface area (Å²) >= 11 is 1.75. The number of guanidine groups is 1. The SMILES string of the molecule is CCNC(=NCC(=O)NCc1ccc(OC)cc1)NCC(C)(C)c1cccs1. The molecule has 2 aromatic rings. The fraction of sp³-hybridized carbons (Fsp3) is 0.429. The number of ether oxygens (including phenoxy) is 1. The third-order valence-electron chi connectivity index (χ3n) is 4.26. The molecule has 0 radical (unpaired) electrons. The van der Waals surface area contributed by atoms with Crippen LogP contribution in [-0.4, -0.2) is 38.6 Å². The van der Waals surface area contributed by atoms with Crippen molar-refractivity contribution in [2.24, 2.45) is 4.99 Å². The van der Waals surface area contributed by atoms with E-state index in [1.807, 2.05) is 31.2 Å². The summed E-state index contributed by atoms with van der Waals surface area (Å²) in [4.78, 5) is 17.9. The summed E-state index contributed by atoms with van der Waals surface area (Å²) in [5.41, 5.74) is 1.00. The number of nitrogens with zero attached hydrogens (tertiary/aromatic N) is 1. The lowest BCUT2D eigenvalue weighted by Gasteiger charge is -2.25. The molecule has 0 atom stereocenters. The van der Waals surface area contributed by atoms with Gasteiger partial charge in [0.15, 0.2) is 5.96 Å². The summed E-state index contributed by atoms with van der Waals surface area (Å²) in [7, 11) is 1.63. The summed E-state index contributed by atoms with van der Waals surface area (Å²) in [6.45, 7) is 8.39. The lowest BCUT2D eigenvalue weighted by molar-refractivity contribution is -0.119. The second-order valence-corrected chi connectivity index (χ2v) is 7.98. The standard InChI is InChI=1S/C21H30N4O2S/c1-5-22-20(25-15-21(2,3)18-7-6-12-28-18)24-14-19(26)23-13-16-8-10-17(27-4)11-9-16/h6-12H,5,13-15H2,1-4H3,(H,23,26)(H2,22,24,25). The number of hydrogen-bond acceptors (Lipinski definition) is 4. The molecule has 1 aromatic heterocycles. The monoisotopic (exact) mass is 402 g/mol. The van der Waals surface area contributed by atoms with E-state index in [4.69, 9.17) is 4.74 Å². The fourth-order valence-electron chi connectivity index (χ4n) is 2.55. The van der Waals surface area contributed by atoms with E-state index in [0.717, 1.165) is 24.4 Å². The zero-order valence-corrected chi connectivity index (χ0v) is 17.9. The molecular weight excluding hydrogens is 372 g/mol. The molecule has 6 nitrogen and oxygen atoms in total. The Kier molecular flexibility index (Phi) is 8.32. The zero-order valence-electron chi connectivity index (χ0n) is 17.0. The minimum atomic E-state index is -0.120. The van der Waals surface area contributed by atoms with Crippen LogP contribution in [0.25, 0.3) is 0 Å². The Hall–Kier alpha value is -2.54. The molecular formula is C21H30N4O2S. The molecule has 0 saturated carbocycles. The Morgan fingerprint density at radius 2 is 1.89 bits per heavy atom. The van der Waals surface area contributed by atoms with Crippen molar-refractivity contribution >= 4 is 23.2 Å². The van der Waals surface area contributed by atoms with E-state index in [-0.39, 0.29) is 17.9 Å². The number of amides is 1. The first-order chi connectivity index (χ1) is 13.4. The highest BCUT2D eigenvalue weighted by atomic mass is 32.1. The first-order valence-corrected chi connectivity index (χ1v) is 10.3. The van der Waals surface area contributed by atoms with Crippen LogP contribution in [0.15, 0.2) is 46.8 Å². The van der Waals surface area contributed by atoms with Gasteiger partial charge in [0.1, 0.15) is 12.3 Å². The summed E-state index contributed by atoms with van der Waals surface area (Å²) in [6, 6.07) is 11.8. The fourth-order valence-corrected chi connectivity index (χ4v) is 3.40. The van der Waals surface area contributed by atoms with Crippen molar-refractivity contribution in [1.29, 1.82) is 0 Å². The Morgan fingerprint density at radius 1 is 1.14 bits per heavy atom. The van der Waals surface area contributed by atoms with Crippen LogP contribution in [0, 0.1) is 0 Å². The minimum absolute atomic E-state index is 0.0129. The van der Waals surface area contributed by atoms with Gasteiger partial charge in [-0.2, -0.15) is 0 Å². The van der Waals surface area contributed by atoms with Crippen LogP contribution in [0.3, 0.4) is 0 Å². The number of thiophene rings is 1. The average molecular weight is 403 g/mol. The van der Waals surface area contributed by atoms with Gasteiger partial charge in [0.05, 0.1) is 7.11 Å². The Bertz CT molecular complexity index is 755. The molecule has 1 amide bonds. The number of benzene rings is 1. The molecule has 0 spiro atoms.